The molecule has 0 atom stereocenters. The highest BCUT2D eigenvalue weighted by Gasteiger charge is 2.29. The zero-order valence-corrected chi connectivity index (χ0v) is 22.8. The van der Waals surface area contributed by atoms with Crippen molar-refractivity contribution in [2.45, 2.75) is 90.9 Å². The van der Waals surface area contributed by atoms with Gasteiger partial charge in [0.25, 0.3) is 0 Å². The number of fused-ring (bicyclic) bond motifs is 1. The highest BCUT2D eigenvalue weighted by Crippen LogP contribution is 2.39. The number of rotatable bonds is 13. The molecule has 0 fully saturated rings. The topological polar surface area (TPSA) is 86.5 Å². The van der Waals surface area contributed by atoms with E-state index in [4.69, 9.17) is 9.47 Å². The molecule has 202 valence electrons. The molecule has 0 saturated heterocycles. The van der Waals surface area contributed by atoms with E-state index < -0.39 is 0 Å². The third-order valence-electron chi connectivity index (χ3n) is 6.89. The summed E-state index contributed by atoms with van der Waals surface area (Å²) in [5, 5.41) is 19.1. The molecule has 0 saturated carbocycles. The standard InChI is InChI=1S/C31H39N3O4/c1-4-5-6-7-8-9-20-34-21-24(32-33-34)22-37-25-13-10-23(11-14-25)12-16-28(35)26-15-17-29-27(30(26)36)18-19-31(2,3)38-29/h10-17,21,36H,4-9,18-20,22H2,1-3H3/b16-12+. The van der Waals surface area contributed by atoms with Gasteiger partial charge in [0, 0.05) is 12.1 Å². The van der Waals surface area contributed by atoms with Crippen LogP contribution in [0.1, 0.15) is 92.9 Å². The lowest BCUT2D eigenvalue weighted by Crippen LogP contribution is -2.32. The molecular formula is C31H39N3O4. The summed E-state index contributed by atoms with van der Waals surface area (Å²) in [4.78, 5) is 12.8. The zero-order chi connectivity index (χ0) is 27.0. The van der Waals surface area contributed by atoms with Crippen LogP contribution in [-0.2, 0) is 19.6 Å². The first-order valence-electron chi connectivity index (χ1n) is 13.7. The molecule has 7 heteroatoms. The molecule has 0 unspecified atom stereocenters. The SMILES string of the molecule is CCCCCCCCn1cc(COc2ccc(/C=C/C(=O)c3ccc4c(c3O)CCC(C)(C)O4)cc2)nn1. The third kappa shape index (κ3) is 7.46. The van der Waals surface area contributed by atoms with E-state index in [0.717, 1.165) is 30.6 Å². The minimum atomic E-state index is -0.271. The Bertz CT molecular complexity index is 1240. The van der Waals surface area contributed by atoms with Crippen LogP contribution in [0.15, 0.2) is 48.7 Å². The summed E-state index contributed by atoms with van der Waals surface area (Å²) in [7, 11) is 0. The lowest BCUT2D eigenvalue weighted by molar-refractivity contribution is 0.0836. The fraction of sp³-hybridized carbons (Fsp3) is 0.452. The summed E-state index contributed by atoms with van der Waals surface area (Å²) >= 11 is 0. The van der Waals surface area contributed by atoms with Crippen LogP contribution in [0.25, 0.3) is 6.08 Å². The molecule has 0 spiro atoms. The molecule has 0 bridgehead atoms. The van der Waals surface area contributed by atoms with E-state index >= 15 is 0 Å². The van der Waals surface area contributed by atoms with Gasteiger partial charge in [0.15, 0.2) is 5.78 Å². The number of hydrogen-bond donors (Lipinski definition) is 1. The molecule has 1 N–H and O–H groups in total. The van der Waals surface area contributed by atoms with Gasteiger partial charge in [-0.1, -0.05) is 62.4 Å². The van der Waals surface area contributed by atoms with Crippen molar-refractivity contribution in [3.63, 3.8) is 0 Å². The van der Waals surface area contributed by atoms with Crippen molar-refractivity contribution in [3.05, 3.63) is 71.1 Å². The Morgan fingerprint density at radius 3 is 2.66 bits per heavy atom. The van der Waals surface area contributed by atoms with Crippen molar-refractivity contribution in [2.24, 2.45) is 0 Å². The maximum absolute atomic E-state index is 12.8. The Hall–Kier alpha value is -3.61. The van der Waals surface area contributed by atoms with Crippen LogP contribution in [0.5, 0.6) is 17.2 Å². The van der Waals surface area contributed by atoms with Gasteiger partial charge in [-0.05, 0) is 69.0 Å². The Labute approximate surface area is 225 Å². The molecule has 1 aliphatic heterocycles. The van der Waals surface area contributed by atoms with E-state index in [-0.39, 0.29) is 22.7 Å². The third-order valence-corrected chi connectivity index (χ3v) is 6.89. The number of phenols is 1. The van der Waals surface area contributed by atoms with Crippen molar-refractivity contribution < 1.29 is 19.4 Å². The molecule has 2 aromatic carbocycles. The monoisotopic (exact) mass is 517 g/mol. The summed E-state index contributed by atoms with van der Waals surface area (Å²) in [5.41, 5.74) is 2.37. The van der Waals surface area contributed by atoms with E-state index in [9.17, 15) is 9.90 Å². The number of carbonyl (C=O) groups is 1. The Morgan fingerprint density at radius 2 is 1.87 bits per heavy atom. The summed E-state index contributed by atoms with van der Waals surface area (Å²) in [6.45, 7) is 7.51. The molecule has 1 aliphatic rings. The molecule has 2 heterocycles. The van der Waals surface area contributed by atoms with Gasteiger partial charge in [-0.15, -0.1) is 5.10 Å². The van der Waals surface area contributed by atoms with Gasteiger partial charge >= 0.3 is 0 Å². The second-order valence-electron chi connectivity index (χ2n) is 10.6. The van der Waals surface area contributed by atoms with E-state index in [1.807, 2.05) is 49.0 Å². The molecule has 0 radical (unpaired) electrons. The van der Waals surface area contributed by atoms with Gasteiger partial charge in [0.05, 0.1) is 11.8 Å². The number of ketones is 1. The van der Waals surface area contributed by atoms with Crippen molar-refractivity contribution in [3.8, 4) is 17.2 Å². The average molecular weight is 518 g/mol. The van der Waals surface area contributed by atoms with Crippen LogP contribution in [0, 0.1) is 0 Å². The Morgan fingerprint density at radius 1 is 1.11 bits per heavy atom. The number of ether oxygens (including phenoxy) is 2. The van der Waals surface area contributed by atoms with E-state index in [0.29, 0.717) is 30.1 Å². The largest absolute Gasteiger partial charge is 0.507 e. The number of allylic oxidation sites excluding steroid dienone is 1. The number of unbranched alkanes of at least 4 members (excludes halogenated alkanes) is 5. The summed E-state index contributed by atoms with van der Waals surface area (Å²) in [6.07, 6.45) is 14.1. The molecule has 7 nitrogen and oxygen atoms in total. The number of aromatic hydroxyl groups is 1. The van der Waals surface area contributed by atoms with E-state index in [1.54, 1.807) is 18.2 Å². The average Bonchev–Trinajstić information content (AvgIpc) is 3.36. The van der Waals surface area contributed by atoms with Crippen molar-refractivity contribution in [1.29, 1.82) is 0 Å². The fourth-order valence-corrected chi connectivity index (χ4v) is 4.59. The van der Waals surface area contributed by atoms with E-state index in [2.05, 4.69) is 17.2 Å². The lowest BCUT2D eigenvalue weighted by atomic mass is 9.91. The molecule has 3 aromatic rings. The number of phenolic OH excluding ortho intramolecular Hbond substituents is 1. The molecule has 38 heavy (non-hydrogen) atoms. The molecule has 4 rings (SSSR count). The minimum absolute atomic E-state index is 0.0142. The first kappa shape index (κ1) is 27.4. The zero-order valence-electron chi connectivity index (χ0n) is 22.8. The van der Waals surface area contributed by atoms with Gasteiger partial charge in [-0.3, -0.25) is 9.48 Å². The maximum atomic E-state index is 12.8. The van der Waals surface area contributed by atoms with Gasteiger partial charge in [0.2, 0.25) is 0 Å². The molecular weight excluding hydrogens is 478 g/mol. The maximum Gasteiger partial charge on any atom is 0.189 e. The molecule has 0 aliphatic carbocycles. The summed E-state index contributed by atoms with van der Waals surface area (Å²) in [5.74, 6) is 1.13. The van der Waals surface area contributed by atoms with Crippen LogP contribution >= 0.6 is 0 Å². The predicted octanol–water partition coefficient (Wildman–Crippen LogP) is 6.92. The second kappa shape index (κ2) is 12.8. The number of hydrogen-bond acceptors (Lipinski definition) is 6. The Balaban J connectivity index is 1.26. The van der Waals surface area contributed by atoms with Crippen LogP contribution < -0.4 is 9.47 Å². The second-order valence-corrected chi connectivity index (χ2v) is 10.6. The number of aryl methyl sites for hydroxylation is 1. The van der Waals surface area contributed by atoms with Crippen LogP contribution in [0.4, 0.5) is 0 Å². The molecule has 1 aromatic heterocycles. The van der Waals surface area contributed by atoms with Crippen molar-refractivity contribution in [1.82, 2.24) is 15.0 Å². The normalized spacial score (nSPS) is 14.3. The van der Waals surface area contributed by atoms with Crippen molar-refractivity contribution in [2.75, 3.05) is 0 Å². The van der Waals surface area contributed by atoms with Gasteiger partial charge in [-0.25, -0.2) is 0 Å². The molecule has 0 amide bonds. The number of nitrogens with zero attached hydrogens (tertiary/aromatic N) is 3. The van der Waals surface area contributed by atoms with Gasteiger partial charge in [-0.2, -0.15) is 0 Å². The fourth-order valence-electron chi connectivity index (χ4n) is 4.59. The van der Waals surface area contributed by atoms with Crippen LogP contribution in [0.3, 0.4) is 0 Å². The number of aromatic nitrogens is 3. The quantitative estimate of drug-likeness (QED) is 0.150. The lowest BCUT2D eigenvalue weighted by Gasteiger charge is -2.33. The van der Waals surface area contributed by atoms with Crippen LogP contribution in [-0.4, -0.2) is 31.5 Å². The van der Waals surface area contributed by atoms with Gasteiger partial charge in [0.1, 0.15) is 35.2 Å². The highest BCUT2D eigenvalue weighted by molar-refractivity contribution is 6.09. The van der Waals surface area contributed by atoms with Crippen LogP contribution in [0.2, 0.25) is 0 Å². The van der Waals surface area contributed by atoms with Crippen molar-refractivity contribution >= 4 is 11.9 Å². The predicted molar refractivity (Wildman–Crippen MR) is 149 cm³/mol. The minimum Gasteiger partial charge on any atom is -0.507 e. The summed E-state index contributed by atoms with van der Waals surface area (Å²) in [6, 6.07) is 10.9. The number of benzene rings is 2. The van der Waals surface area contributed by atoms with Gasteiger partial charge < -0.3 is 14.6 Å². The van der Waals surface area contributed by atoms with E-state index in [1.165, 1.54) is 38.2 Å². The smallest absolute Gasteiger partial charge is 0.189 e. The summed E-state index contributed by atoms with van der Waals surface area (Å²) < 4.78 is 13.7. The first-order valence-corrected chi connectivity index (χ1v) is 13.7. The Kier molecular flexibility index (Phi) is 9.21. The number of carbonyl (C=O) groups excluding carboxylic acids is 1. The highest BCUT2D eigenvalue weighted by atomic mass is 16.5. The first-order chi connectivity index (χ1) is 18.3.